The number of hydrogen-bond acceptors (Lipinski definition) is 13. The van der Waals surface area contributed by atoms with Crippen molar-refractivity contribution in [2.75, 3.05) is 84.0 Å². The molecule has 0 spiro atoms. The van der Waals surface area contributed by atoms with Gasteiger partial charge in [-0.3, -0.25) is 14.4 Å². The minimum atomic E-state index is -3.63. The van der Waals surface area contributed by atoms with Crippen LogP contribution in [0.3, 0.4) is 0 Å². The summed E-state index contributed by atoms with van der Waals surface area (Å²) in [5.41, 5.74) is 12.8. The Morgan fingerprint density at radius 3 is 2.14 bits per heavy atom. The normalized spacial score (nSPS) is 13.8. The van der Waals surface area contributed by atoms with Crippen molar-refractivity contribution in [3.05, 3.63) is 95.2 Å². The first-order valence-corrected chi connectivity index (χ1v) is 24.9. The number of phenolic OH excluding ortho intramolecular Hbond substituents is 1. The number of aromatic amines is 1. The topological polar surface area (TPSA) is 256 Å². The van der Waals surface area contributed by atoms with Crippen LogP contribution in [0.1, 0.15) is 67.2 Å². The Morgan fingerprint density at radius 2 is 1.39 bits per heavy atom. The number of para-hydroxylation sites is 1. The molecule has 0 atom stereocenters. The van der Waals surface area contributed by atoms with Gasteiger partial charge in [-0.05, 0) is 66.5 Å². The number of carbonyl (C=O) groups is 3. The number of phenols is 1. The molecule has 2 heterocycles. The number of ether oxygens (including phenoxy) is 4. The lowest BCUT2D eigenvalue weighted by Gasteiger charge is -2.33. The largest absolute Gasteiger partial charge is 0.508 e. The van der Waals surface area contributed by atoms with Crippen LogP contribution in [0.5, 0.6) is 5.75 Å². The van der Waals surface area contributed by atoms with Crippen LogP contribution in [-0.4, -0.2) is 122 Å². The summed E-state index contributed by atoms with van der Waals surface area (Å²) in [5, 5.41) is 18.0. The Labute approximate surface area is 390 Å². The molecule has 4 aromatic rings. The van der Waals surface area contributed by atoms with Gasteiger partial charge in [0.15, 0.2) is 0 Å². The molecule has 0 saturated carbocycles. The highest BCUT2D eigenvalue weighted by Crippen LogP contribution is 2.37. The van der Waals surface area contributed by atoms with Crippen molar-refractivity contribution in [3.63, 3.8) is 0 Å². The van der Waals surface area contributed by atoms with Gasteiger partial charge in [0.1, 0.15) is 5.75 Å². The van der Waals surface area contributed by atoms with Crippen molar-refractivity contribution >= 4 is 64.2 Å². The molecular weight excluding hydrogens is 890 g/mol. The SMILES string of the molecule is N/C1=C(\N(N)CCOCCOCCOCCOCCC(=O)NCCc2c[nH]c3ccc(O)cc23)c2ccccc2CN(C(=O)CCC(=O)NCCCCCCOP(O)(O)=S)c2ccccc21. The third-order valence-electron chi connectivity index (χ3n) is 10.7. The fraction of sp³-hybridized carbons (Fsp3) is 0.457. The highest BCUT2D eigenvalue weighted by Gasteiger charge is 2.28. The zero-order valence-electron chi connectivity index (χ0n) is 37.3. The summed E-state index contributed by atoms with van der Waals surface area (Å²) in [5.74, 6) is 6.37. The lowest BCUT2D eigenvalue weighted by atomic mass is 9.95. The van der Waals surface area contributed by atoms with Crippen LogP contribution in [0.2, 0.25) is 0 Å². The number of nitrogens with one attached hydrogen (secondary N) is 3. The number of nitrogens with two attached hydrogens (primary N) is 2. The first-order valence-electron chi connectivity index (χ1n) is 22.2. The molecule has 66 heavy (non-hydrogen) atoms. The number of H-pyrrole nitrogens is 1. The molecule has 1 aromatic heterocycles. The zero-order valence-corrected chi connectivity index (χ0v) is 39.0. The fourth-order valence-corrected chi connectivity index (χ4v) is 7.91. The molecule has 0 bridgehead atoms. The minimum absolute atomic E-state index is 0.00366. The van der Waals surface area contributed by atoms with E-state index in [-0.39, 0.29) is 62.5 Å². The Balaban J connectivity index is 0.953. The lowest BCUT2D eigenvalue weighted by Crippen LogP contribution is -2.38. The molecule has 3 amide bonds. The average Bonchev–Trinajstić information content (AvgIpc) is 3.69. The van der Waals surface area contributed by atoms with Crippen LogP contribution in [0.15, 0.2) is 72.9 Å². The van der Waals surface area contributed by atoms with Crippen molar-refractivity contribution < 1.29 is 52.7 Å². The molecule has 1 aliphatic heterocycles. The van der Waals surface area contributed by atoms with E-state index in [2.05, 4.69) is 27.4 Å². The van der Waals surface area contributed by atoms with Crippen molar-refractivity contribution in [3.8, 4) is 5.75 Å². The van der Waals surface area contributed by atoms with Crippen LogP contribution >= 0.6 is 6.72 Å². The molecule has 18 nitrogen and oxygen atoms in total. The maximum Gasteiger partial charge on any atom is 0.321 e. The average molecular weight is 954 g/mol. The van der Waals surface area contributed by atoms with Crippen LogP contribution in [0.4, 0.5) is 5.69 Å². The van der Waals surface area contributed by atoms with E-state index in [9.17, 15) is 19.5 Å². The minimum Gasteiger partial charge on any atom is -0.508 e. The number of aromatic hydroxyl groups is 1. The van der Waals surface area contributed by atoms with Gasteiger partial charge in [-0.25, -0.2) is 5.84 Å². The van der Waals surface area contributed by atoms with Gasteiger partial charge in [0, 0.05) is 60.6 Å². The molecule has 360 valence electrons. The van der Waals surface area contributed by atoms with Gasteiger partial charge in [-0.15, -0.1) is 0 Å². The Bertz CT molecular complexity index is 2250. The number of rotatable bonds is 30. The summed E-state index contributed by atoms with van der Waals surface area (Å²) in [6.07, 6.45) is 5.79. The maximum atomic E-state index is 13.8. The molecule has 0 saturated heterocycles. The molecule has 20 heteroatoms. The number of hydrogen-bond donors (Lipinski definition) is 8. The fourth-order valence-electron chi connectivity index (χ4n) is 7.32. The molecule has 0 fully saturated rings. The summed E-state index contributed by atoms with van der Waals surface area (Å²) < 4.78 is 27.4. The number of aromatic nitrogens is 1. The third kappa shape index (κ3) is 17.4. The summed E-state index contributed by atoms with van der Waals surface area (Å²) >= 11 is 4.44. The quantitative estimate of drug-likeness (QED) is 0.0158. The number of amides is 3. The molecule has 1 aliphatic rings. The number of unbranched alkanes of at least 4 members (excludes halogenated alkanes) is 3. The van der Waals surface area contributed by atoms with Crippen LogP contribution in [0.25, 0.3) is 22.3 Å². The Kier molecular flexibility index (Phi) is 21.8. The van der Waals surface area contributed by atoms with E-state index in [1.165, 1.54) is 0 Å². The molecule has 10 N–H and O–H groups in total. The van der Waals surface area contributed by atoms with E-state index >= 15 is 0 Å². The molecule has 5 rings (SSSR count). The van der Waals surface area contributed by atoms with Crippen molar-refractivity contribution in [2.45, 2.75) is 57.9 Å². The van der Waals surface area contributed by atoms with Gasteiger partial charge in [0.05, 0.1) is 89.6 Å². The number of fused-ring (bicyclic) bond motifs is 3. The molecule has 3 aromatic carbocycles. The summed E-state index contributed by atoms with van der Waals surface area (Å²) in [4.78, 5) is 61.8. The third-order valence-corrected chi connectivity index (χ3v) is 11.5. The van der Waals surface area contributed by atoms with Crippen molar-refractivity contribution in [2.24, 2.45) is 11.6 Å². The predicted octanol–water partition coefficient (Wildman–Crippen LogP) is 4.18. The van der Waals surface area contributed by atoms with E-state index in [0.717, 1.165) is 46.9 Å². The van der Waals surface area contributed by atoms with Crippen LogP contribution < -0.4 is 27.1 Å². The summed E-state index contributed by atoms with van der Waals surface area (Å²) in [6.45, 7) is 0.878. The van der Waals surface area contributed by atoms with Gasteiger partial charge in [0.2, 0.25) is 17.7 Å². The second-order valence-corrected chi connectivity index (χ2v) is 18.2. The highest BCUT2D eigenvalue weighted by molar-refractivity contribution is 8.06. The highest BCUT2D eigenvalue weighted by atomic mass is 32.5. The second-order valence-electron chi connectivity index (χ2n) is 15.5. The van der Waals surface area contributed by atoms with Gasteiger partial charge in [0.25, 0.3) is 0 Å². The standard InChI is InChI=1S/C46H64N7O11PS/c47-45-38-11-5-6-12-41(38)52(44(57)16-15-42(55)49-19-7-1-2-8-22-64-65(58,59)66)33-35-9-3-4-10-37(35)46(45)53(48)21-24-61-26-28-63-30-29-62-27-25-60-23-18-43(56)50-20-17-34-32-51-40-14-13-36(54)31-39(34)40/h3-6,9-14,31-32,51,54H,1-2,7-8,15-30,33,47-48H2,(H,49,55)(H,50,56)(H2,58,59,66)/b46-45-. The number of anilines is 1. The van der Waals surface area contributed by atoms with Crippen LogP contribution in [0, 0.1) is 0 Å². The van der Waals surface area contributed by atoms with Gasteiger partial charge >= 0.3 is 6.72 Å². The number of nitrogens with zero attached hydrogens (tertiary/aromatic N) is 2. The summed E-state index contributed by atoms with van der Waals surface area (Å²) in [7, 11) is 0. The molecule has 0 aliphatic carbocycles. The monoisotopic (exact) mass is 953 g/mol. The first-order chi connectivity index (χ1) is 31.9. The first kappa shape index (κ1) is 52.1. The number of benzene rings is 3. The van der Waals surface area contributed by atoms with Gasteiger partial charge in [-0.2, -0.15) is 0 Å². The number of carbonyl (C=O) groups excluding carboxylic acids is 3. The Morgan fingerprint density at radius 1 is 0.758 bits per heavy atom. The smallest absolute Gasteiger partial charge is 0.321 e. The summed E-state index contributed by atoms with van der Waals surface area (Å²) in [6, 6.07) is 20.2. The Hall–Kier alpha value is -4.92. The van der Waals surface area contributed by atoms with Gasteiger partial charge in [-0.1, -0.05) is 55.3 Å². The van der Waals surface area contributed by atoms with Crippen molar-refractivity contribution in [1.29, 1.82) is 0 Å². The predicted molar refractivity (Wildman–Crippen MR) is 256 cm³/mol. The molecule has 0 unspecified atom stereocenters. The van der Waals surface area contributed by atoms with E-state index < -0.39 is 6.72 Å². The van der Waals surface area contributed by atoms with E-state index in [1.807, 2.05) is 60.8 Å². The number of hydrazine groups is 1. The van der Waals surface area contributed by atoms with E-state index in [4.69, 9.17) is 44.8 Å². The molecule has 0 radical (unpaired) electrons. The second kappa shape index (κ2) is 27.7. The zero-order chi connectivity index (χ0) is 47.2. The maximum absolute atomic E-state index is 13.8. The van der Waals surface area contributed by atoms with E-state index in [0.29, 0.717) is 101 Å². The van der Waals surface area contributed by atoms with E-state index in [1.54, 1.807) is 22.0 Å². The lowest BCUT2D eigenvalue weighted by molar-refractivity contribution is -0.125. The van der Waals surface area contributed by atoms with Gasteiger partial charge < -0.3 is 69.6 Å². The molecular formula is C46H64N7O11PS. The van der Waals surface area contributed by atoms with Crippen LogP contribution in [-0.2, 0) is 62.6 Å². The van der Waals surface area contributed by atoms with Crippen molar-refractivity contribution in [1.82, 2.24) is 20.6 Å².